The normalized spacial score (nSPS) is 9.59. The summed E-state index contributed by atoms with van der Waals surface area (Å²) < 4.78 is 0. The van der Waals surface area contributed by atoms with Crippen LogP contribution in [0.3, 0.4) is 0 Å². The number of anilines is 4. The summed E-state index contributed by atoms with van der Waals surface area (Å²) in [5.41, 5.74) is 8.37. The molecule has 7 nitrogen and oxygen atoms in total. The van der Waals surface area contributed by atoms with E-state index >= 15 is 0 Å². The molecular formula is C15H15N7. The highest BCUT2D eigenvalue weighted by Crippen LogP contribution is 2.28. The SMILES string of the molecule is Cc1ccc(Nc2ncnc(N(CC#N)CC#N)c2N)cc1. The number of benzene rings is 1. The second-order valence-corrected chi connectivity index (χ2v) is 4.62. The quantitative estimate of drug-likeness (QED) is 0.810. The Bertz CT molecular complexity index is 709. The number of aryl methyl sites for hydroxylation is 1. The monoisotopic (exact) mass is 293 g/mol. The Hall–Kier alpha value is -3.32. The van der Waals surface area contributed by atoms with Crippen LogP contribution in [0.5, 0.6) is 0 Å². The predicted octanol–water partition coefficient (Wildman–Crippen LogP) is 1.96. The van der Waals surface area contributed by atoms with Gasteiger partial charge in [0.2, 0.25) is 0 Å². The third kappa shape index (κ3) is 3.41. The van der Waals surface area contributed by atoms with Crippen LogP contribution in [0.1, 0.15) is 5.56 Å². The Labute approximate surface area is 128 Å². The molecule has 0 aliphatic carbocycles. The Balaban J connectivity index is 2.30. The molecule has 0 saturated carbocycles. The number of nitrogen functional groups attached to an aromatic ring is 1. The molecule has 0 atom stereocenters. The second kappa shape index (κ2) is 6.91. The summed E-state index contributed by atoms with van der Waals surface area (Å²) in [7, 11) is 0. The molecule has 0 unspecified atom stereocenters. The van der Waals surface area contributed by atoms with Gasteiger partial charge in [-0.3, -0.25) is 0 Å². The van der Waals surface area contributed by atoms with Crippen molar-refractivity contribution in [3.05, 3.63) is 36.2 Å². The molecule has 0 fully saturated rings. The number of nitrogens with two attached hydrogens (primary N) is 1. The summed E-state index contributed by atoms with van der Waals surface area (Å²) >= 11 is 0. The van der Waals surface area contributed by atoms with Crippen LogP contribution in [0.25, 0.3) is 0 Å². The van der Waals surface area contributed by atoms with E-state index in [2.05, 4.69) is 15.3 Å². The van der Waals surface area contributed by atoms with E-state index < -0.39 is 0 Å². The van der Waals surface area contributed by atoms with Crippen molar-refractivity contribution in [3.63, 3.8) is 0 Å². The highest BCUT2D eigenvalue weighted by atomic mass is 15.2. The number of hydrogen-bond donors (Lipinski definition) is 2. The molecule has 110 valence electrons. The van der Waals surface area contributed by atoms with Gasteiger partial charge in [0.15, 0.2) is 11.6 Å². The van der Waals surface area contributed by atoms with Crippen molar-refractivity contribution < 1.29 is 0 Å². The van der Waals surface area contributed by atoms with Gasteiger partial charge in [0.25, 0.3) is 0 Å². The highest BCUT2D eigenvalue weighted by molar-refractivity contribution is 5.78. The largest absolute Gasteiger partial charge is 0.393 e. The summed E-state index contributed by atoms with van der Waals surface area (Å²) in [6.07, 6.45) is 1.35. The molecule has 2 aromatic rings. The van der Waals surface area contributed by atoms with Gasteiger partial charge in [-0.2, -0.15) is 10.5 Å². The lowest BCUT2D eigenvalue weighted by Gasteiger charge is -2.20. The van der Waals surface area contributed by atoms with Crippen LogP contribution in [0.2, 0.25) is 0 Å². The minimum Gasteiger partial charge on any atom is -0.393 e. The second-order valence-electron chi connectivity index (χ2n) is 4.62. The van der Waals surface area contributed by atoms with Crippen LogP contribution in [-0.4, -0.2) is 23.1 Å². The lowest BCUT2D eigenvalue weighted by atomic mass is 10.2. The van der Waals surface area contributed by atoms with Crippen LogP contribution in [-0.2, 0) is 0 Å². The summed E-state index contributed by atoms with van der Waals surface area (Å²) in [5, 5.41) is 20.8. The van der Waals surface area contributed by atoms with Gasteiger partial charge in [-0.1, -0.05) is 17.7 Å². The summed E-state index contributed by atoms with van der Waals surface area (Å²) in [6.45, 7) is 2.06. The maximum absolute atomic E-state index is 8.85. The molecule has 0 bridgehead atoms. The number of nitriles is 2. The molecule has 0 aliphatic rings. The lowest BCUT2D eigenvalue weighted by Crippen LogP contribution is -2.26. The zero-order valence-corrected chi connectivity index (χ0v) is 12.1. The van der Waals surface area contributed by atoms with Crippen molar-refractivity contribution in [1.29, 1.82) is 10.5 Å². The Kier molecular flexibility index (Phi) is 4.74. The number of nitrogens with zero attached hydrogens (tertiary/aromatic N) is 5. The fourth-order valence-electron chi connectivity index (χ4n) is 1.89. The van der Waals surface area contributed by atoms with Crippen molar-refractivity contribution >= 4 is 23.0 Å². The zero-order chi connectivity index (χ0) is 15.9. The summed E-state index contributed by atoms with van der Waals surface area (Å²) in [4.78, 5) is 9.70. The third-order valence-corrected chi connectivity index (χ3v) is 3.00. The minimum absolute atomic E-state index is 0.0265. The molecule has 22 heavy (non-hydrogen) atoms. The van der Waals surface area contributed by atoms with Gasteiger partial charge >= 0.3 is 0 Å². The number of aromatic nitrogens is 2. The molecule has 1 aromatic heterocycles. The first-order valence-electron chi connectivity index (χ1n) is 6.58. The molecule has 3 N–H and O–H groups in total. The van der Waals surface area contributed by atoms with Gasteiger partial charge in [-0.15, -0.1) is 0 Å². The van der Waals surface area contributed by atoms with E-state index in [4.69, 9.17) is 16.3 Å². The van der Waals surface area contributed by atoms with Crippen molar-refractivity contribution in [1.82, 2.24) is 9.97 Å². The standard InChI is InChI=1S/C15H15N7/c1-11-2-4-12(5-3-11)21-14-13(18)15(20-10-19-14)22(8-6-16)9-7-17/h2-5,10H,8-9,18H2,1H3,(H,19,20,21). The van der Waals surface area contributed by atoms with E-state index in [1.54, 1.807) is 0 Å². The van der Waals surface area contributed by atoms with E-state index in [0.29, 0.717) is 17.3 Å². The van der Waals surface area contributed by atoms with Crippen LogP contribution in [0.4, 0.5) is 23.0 Å². The molecule has 1 aromatic carbocycles. The number of rotatable bonds is 5. The molecule has 0 amide bonds. The van der Waals surface area contributed by atoms with Crippen molar-refractivity contribution in [2.45, 2.75) is 6.92 Å². The zero-order valence-electron chi connectivity index (χ0n) is 12.1. The molecule has 0 aliphatic heterocycles. The molecule has 0 spiro atoms. The van der Waals surface area contributed by atoms with Crippen LogP contribution in [0, 0.1) is 29.6 Å². The van der Waals surface area contributed by atoms with Crippen LogP contribution >= 0.6 is 0 Å². The third-order valence-electron chi connectivity index (χ3n) is 3.00. The van der Waals surface area contributed by atoms with Gasteiger partial charge in [0.05, 0.1) is 12.1 Å². The number of hydrogen-bond acceptors (Lipinski definition) is 7. The van der Waals surface area contributed by atoms with Crippen molar-refractivity contribution in [3.8, 4) is 12.1 Å². The Morgan fingerprint density at radius 2 is 1.77 bits per heavy atom. The molecule has 0 radical (unpaired) electrons. The molecule has 7 heteroatoms. The first kappa shape index (κ1) is 15.1. The van der Waals surface area contributed by atoms with Crippen molar-refractivity contribution in [2.75, 3.05) is 29.0 Å². The van der Waals surface area contributed by atoms with E-state index in [9.17, 15) is 0 Å². The summed E-state index contributed by atoms with van der Waals surface area (Å²) in [6, 6.07) is 11.8. The maximum atomic E-state index is 8.85. The fraction of sp³-hybridized carbons (Fsp3) is 0.200. The molecular weight excluding hydrogens is 278 g/mol. The van der Waals surface area contributed by atoms with Gasteiger partial charge in [0.1, 0.15) is 25.1 Å². The van der Waals surface area contributed by atoms with Crippen LogP contribution in [0.15, 0.2) is 30.6 Å². The smallest absolute Gasteiger partial charge is 0.159 e. The summed E-state index contributed by atoms with van der Waals surface area (Å²) in [5.74, 6) is 0.808. The van der Waals surface area contributed by atoms with Gasteiger partial charge in [-0.05, 0) is 19.1 Å². The average molecular weight is 293 g/mol. The van der Waals surface area contributed by atoms with E-state index in [0.717, 1.165) is 11.3 Å². The Morgan fingerprint density at radius 3 is 2.36 bits per heavy atom. The molecule has 2 rings (SSSR count). The highest BCUT2D eigenvalue weighted by Gasteiger charge is 2.15. The Morgan fingerprint density at radius 1 is 1.14 bits per heavy atom. The predicted molar refractivity (Wildman–Crippen MR) is 84.3 cm³/mol. The van der Waals surface area contributed by atoms with Gasteiger partial charge < -0.3 is 16.0 Å². The fourth-order valence-corrected chi connectivity index (χ4v) is 1.89. The van der Waals surface area contributed by atoms with Gasteiger partial charge in [-0.25, -0.2) is 9.97 Å². The molecule has 1 heterocycles. The maximum Gasteiger partial charge on any atom is 0.159 e. The first-order valence-corrected chi connectivity index (χ1v) is 6.58. The minimum atomic E-state index is 0.0265. The van der Waals surface area contributed by atoms with Crippen molar-refractivity contribution in [2.24, 2.45) is 0 Å². The average Bonchev–Trinajstić information content (AvgIpc) is 2.51. The van der Waals surface area contributed by atoms with E-state index in [1.165, 1.54) is 11.2 Å². The lowest BCUT2D eigenvalue weighted by molar-refractivity contribution is 0.930. The van der Waals surface area contributed by atoms with E-state index in [1.807, 2.05) is 43.3 Å². The van der Waals surface area contributed by atoms with Crippen LogP contribution < -0.4 is 16.0 Å². The topological polar surface area (TPSA) is 115 Å². The number of nitrogens with one attached hydrogen (secondary N) is 1. The van der Waals surface area contributed by atoms with Gasteiger partial charge in [0, 0.05) is 5.69 Å². The first-order chi connectivity index (χ1) is 10.7. The van der Waals surface area contributed by atoms with E-state index in [-0.39, 0.29) is 13.1 Å². The molecule has 0 saturated heterocycles.